The topological polar surface area (TPSA) is 132 Å². The van der Waals surface area contributed by atoms with Gasteiger partial charge >= 0.3 is 0 Å². The number of nitrogen functional groups attached to an aromatic ring is 1. The van der Waals surface area contributed by atoms with Crippen molar-refractivity contribution in [2.75, 3.05) is 5.73 Å². The van der Waals surface area contributed by atoms with Crippen LogP contribution in [0.4, 0.5) is 5.82 Å². The Morgan fingerprint density at radius 3 is 3.00 bits per heavy atom. The molecule has 0 saturated carbocycles. The second-order valence-corrected chi connectivity index (χ2v) is 4.98. The SMILES string of the molecule is Cc1ncc(Cn2cc(CCCCC(=O)NO)nn2)c(N)n1. The van der Waals surface area contributed by atoms with Gasteiger partial charge in [-0.1, -0.05) is 5.21 Å². The molecule has 9 nitrogen and oxygen atoms in total. The molecule has 2 heterocycles. The molecule has 9 heteroatoms. The first kappa shape index (κ1) is 15.8. The number of hydroxylamine groups is 1. The Morgan fingerprint density at radius 2 is 2.27 bits per heavy atom. The molecule has 0 radical (unpaired) electrons. The minimum Gasteiger partial charge on any atom is -0.383 e. The van der Waals surface area contributed by atoms with Gasteiger partial charge in [-0.2, -0.15) is 0 Å². The number of nitrogens with zero attached hydrogens (tertiary/aromatic N) is 5. The Labute approximate surface area is 127 Å². The third kappa shape index (κ3) is 4.48. The van der Waals surface area contributed by atoms with E-state index >= 15 is 0 Å². The summed E-state index contributed by atoms with van der Waals surface area (Å²) in [5.41, 5.74) is 9.09. The summed E-state index contributed by atoms with van der Waals surface area (Å²) in [6, 6.07) is 0. The van der Waals surface area contributed by atoms with Crippen molar-refractivity contribution in [3.63, 3.8) is 0 Å². The van der Waals surface area contributed by atoms with Gasteiger partial charge in [0.25, 0.3) is 0 Å². The number of hydrogen-bond acceptors (Lipinski definition) is 7. The molecular formula is C13H19N7O2. The van der Waals surface area contributed by atoms with Gasteiger partial charge in [0.15, 0.2) is 0 Å². The third-order valence-corrected chi connectivity index (χ3v) is 3.15. The van der Waals surface area contributed by atoms with Gasteiger partial charge in [-0.3, -0.25) is 10.0 Å². The van der Waals surface area contributed by atoms with E-state index in [1.54, 1.807) is 23.3 Å². The molecule has 0 aliphatic rings. The predicted octanol–water partition coefficient (Wildman–Crippen LogP) is 0.225. The van der Waals surface area contributed by atoms with Gasteiger partial charge < -0.3 is 5.73 Å². The number of rotatable bonds is 7. The summed E-state index contributed by atoms with van der Waals surface area (Å²) in [5.74, 6) is 0.700. The fraction of sp³-hybridized carbons (Fsp3) is 0.462. The lowest BCUT2D eigenvalue weighted by molar-refractivity contribution is -0.129. The number of carbonyl (C=O) groups excluding carboxylic acids is 1. The number of aryl methyl sites for hydroxylation is 2. The largest absolute Gasteiger partial charge is 0.383 e. The molecule has 0 aliphatic carbocycles. The fourth-order valence-corrected chi connectivity index (χ4v) is 1.99. The zero-order valence-electron chi connectivity index (χ0n) is 12.4. The molecule has 0 saturated heterocycles. The Bertz CT molecular complexity index is 641. The van der Waals surface area contributed by atoms with Crippen LogP contribution in [0.1, 0.15) is 36.3 Å². The maximum atomic E-state index is 10.9. The lowest BCUT2D eigenvalue weighted by Gasteiger charge is -2.04. The van der Waals surface area contributed by atoms with Crippen LogP contribution in [-0.2, 0) is 17.8 Å². The average Bonchev–Trinajstić information content (AvgIpc) is 2.94. The molecule has 1 amide bonds. The summed E-state index contributed by atoms with van der Waals surface area (Å²) in [7, 11) is 0. The number of nitrogens with two attached hydrogens (primary N) is 1. The van der Waals surface area contributed by atoms with Crippen molar-refractivity contribution in [1.29, 1.82) is 0 Å². The van der Waals surface area contributed by atoms with Gasteiger partial charge in [-0.05, 0) is 26.2 Å². The van der Waals surface area contributed by atoms with E-state index in [-0.39, 0.29) is 5.91 Å². The van der Waals surface area contributed by atoms with E-state index in [0.29, 0.717) is 31.0 Å². The van der Waals surface area contributed by atoms with Crippen molar-refractivity contribution >= 4 is 11.7 Å². The van der Waals surface area contributed by atoms with Crippen LogP contribution in [0.3, 0.4) is 0 Å². The monoisotopic (exact) mass is 305 g/mol. The summed E-state index contributed by atoms with van der Waals surface area (Å²) < 4.78 is 1.68. The minimum absolute atomic E-state index is 0.294. The van der Waals surface area contributed by atoms with Crippen molar-refractivity contribution < 1.29 is 10.0 Å². The molecule has 0 atom stereocenters. The van der Waals surface area contributed by atoms with Crippen LogP contribution in [0.25, 0.3) is 0 Å². The van der Waals surface area contributed by atoms with Crippen molar-refractivity contribution in [3.8, 4) is 0 Å². The lowest BCUT2D eigenvalue weighted by atomic mass is 10.1. The molecule has 118 valence electrons. The standard InChI is InChI=1S/C13H19N7O2/c1-9-15-6-10(13(14)16-9)7-20-8-11(17-19-20)4-2-3-5-12(21)18-22/h6,8,22H,2-5,7H2,1H3,(H,18,21)(H2,14,15,16). The molecule has 0 fully saturated rings. The Morgan fingerprint density at radius 1 is 1.45 bits per heavy atom. The van der Waals surface area contributed by atoms with Gasteiger partial charge in [0.1, 0.15) is 11.6 Å². The molecule has 2 aromatic rings. The number of carbonyl (C=O) groups is 1. The molecule has 0 aliphatic heterocycles. The van der Waals surface area contributed by atoms with Crippen LogP contribution in [0.5, 0.6) is 0 Å². The second-order valence-electron chi connectivity index (χ2n) is 4.98. The fourth-order valence-electron chi connectivity index (χ4n) is 1.99. The van der Waals surface area contributed by atoms with E-state index in [1.807, 2.05) is 6.20 Å². The quantitative estimate of drug-likeness (QED) is 0.379. The van der Waals surface area contributed by atoms with E-state index in [1.165, 1.54) is 0 Å². The van der Waals surface area contributed by atoms with Crippen LogP contribution in [0.2, 0.25) is 0 Å². The van der Waals surface area contributed by atoms with Crippen LogP contribution >= 0.6 is 0 Å². The number of aromatic nitrogens is 5. The van der Waals surface area contributed by atoms with E-state index in [4.69, 9.17) is 10.9 Å². The Kier molecular flexibility index (Phi) is 5.37. The normalized spacial score (nSPS) is 10.6. The van der Waals surface area contributed by atoms with E-state index < -0.39 is 0 Å². The van der Waals surface area contributed by atoms with Gasteiger partial charge in [-0.25, -0.2) is 20.1 Å². The number of hydrogen-bond donors (Lipinski definition) is 3. The molecule has 22 heavy (non-hydrogen) atoms. The van der Waals surface area contributed by atoms with Crippen molar-refractivity contribution in [3.05, 3.63) is 29.5 Å². The van der Waals surface area contributed by atoms with E-state index in [0.717, 1.165) is 24.1 Å². The first-order valence-corrected chi connectivity index (χ1v) is 6.98. The second kappa shape index (κ2) is 7.46. The predicted molar refractivity (Wildman–Crippen MR) is 77.8 cm³/mol. The highest BCUT2D eigenvalue weighted by atomic mass is 16.5. The summed E-state index contributed by atoms with van der Waals surface area (Å²) in [6.07, 6.45) is 6.01. The first-order valence-electron chi connectivity index (χ1n) is 6.98. The molecule has 0 unspecified atom stereocenters. The van der Waals surface area contributed by atoms with Gasteiger partial charge in [-0.15, -0.1) is 5.10 Å². The lowest BCUT2D eigenvalue weighted by Crippen LogP contribution is -2.17. The maximum absolute atomic E-state index is 10.9. The van der Waals surface area contributed by atoms with Gasteiger partial charge in [0, 0.05) is 24.4 Å². The molecule has 0 spiro atoms. The third-order valence-electron chi connectivity index (χ3n) is 3.15. The Hall–Kier alpha value is -2.55. The summed E-state index contributed by atoms with van der Waals surface area (Å²) in [6.45, 7) is 2.25. The highest BCUT2D eigenvalue weighted by Crippen LogP contribution is 2.10. The number of anilines is 1. The highest BCUT2D eigenvalue weighted by molar-refractivity contribution is 5.74. The number of unbranched alkanes of at least 4 members (excludes halogenated alkanes) is 1. The molecular weight excluding hydrogens is 286 g/mol. The van der Waals surface area contributed by atoms with Crippen LogP contribution in [0, 0.1) is 6.92 Å². The van der Waals surface area contributed by atoms with Crippen LogP contribution < -0.4 is 11.2 Å². The highest BCUT2D eigenvalue weighted by Gasteiger charge is 2.06. The van der Waals surface area contributed by atoms with Crippen molar-refractivity contribution in [1.82, 2.24) is 30.4 Å². The minimum atomic E-state index is -0.376. The van der Waals surface area contributed by atoms with Crippen LogP contribution in [-0.4, -0.2) is 36.1 Å². The average molecular weight is 305 g/mol. The maximum Gasteiger partial charge on any atom is 0.243 e. The molecule has 4 N–H and O–H groups in total. The summed E-state index contributed by atoms with van der Waals surface area (Å²) in [5, 5.41) is 16.5. The summed E-state index contributed by atoms with van der Waals surface area (Å²) in [4.78, 5) is 19.1. The molecule has 0 aromatic carbocycles. The Balaban J connectivity index is 1.85. The van der Waals surface area contributed by atoms with Gasteiger partial charge in [0.05, 0.1) is 12.2 Å². The van der Waals surface area contributed by atoms with E-state index in [9.17, 15) is 4.79 Å². The van der Waals surface area contributed by atoms with Gasteiger partial charge in [0.2, 0.25) is 5.91 Å². The van der Waals surface area contributed by atoms with Crippen LogP contribution in [0.15, 0.2) is 12.4 Å². The zero-order valence-corrected chi connectivity index (χ0v) is 12.4. The zero-order chi connectivity index (χ0) is 15.9. The smallest absolute Gasteiger partial charge is 0.243 e. The summed E-state index contributed by atoms with van der Waals surface area (Å²) >= 11 is 0. The first-order chi connectivity index (χ1) is 10.6. The van der Waals surface area contributed by atoms with Crippen molar-refractivity contribution in [2.24, 2.45) is 0 Å². The van der Waals surface area contributed by atoms with E-state index in [2.05, 4.69) is 20.3 Å². The molecule has 2 rings (SSSR count). The number of nitrogens with one attached hydrogen (secondary N) is 1. The molecule has 2 aromatic heterocycles. The molecule has 0 bridgehead atoms. The van der Waals surface area contributed by atoms with Crippen molar-refractivity contribution in [2.45, 2.75) is 39.2 Å². The number of amides is 1.